The van der Waals surface area contributed by atoms with Crippen LogP contribution in [0.25, 0.3) is 0 Å². The standard InChI is InChI=1S/C8H12N4O.ClH/c9-7-4-11-5-8(12-7)13-6-1-2-10-3-6;/h4-6,10H,1-3H2,(H2,9,12);1H/t6-;/m0./s1. The van der Waals surface area contributed by atoms with Gasteiger partial charge in [-0.05, 0) is 13.0 Å². The normalized spacial score (nSPS) is 20.1. The molecule has 1 aromatic heterocycles. The third-order valence-corrected chi connectivity index (χ3v) is 1.93. The van der Waals surface area contributed by atoms with E-state index < -0.39 is 0 Å². The lowest BCUT2D eigenvalue weighted by atomic mass is 10.3. The summed E-state index contributed by atoms with van der Waals surface area (Å²) in [6.45, 7) is 1.87. The molecule has 6 heteroatoms. The van der Waals surface area contributed by atoms with Crippen molar-refractivity contribution in [2.24, 2.45) is 0 Å². The van der Waals surface area contributed by atoms with Crippen LogP contribution < -0.4 is 15.8 Å². The number of nitrogen functional groups attached to an aromatic ring is 1. The molecule has 1 atom stereocenters. The van der Waals surface area contributed by atoms with Crippen LogP contribution in [0.1, 0.15) is 6.42 Å². The van der Waals surface area contributed by atoms with Crippen molar-refractivity contribution in [1.82, 2.24) is 15.3 Å². The van der Waals surface area contributed by atoms with Gasteiger partial charge in [-0.2, -0.15) is 4.98 Å². The average Bonchev–Trinajstić information content (AvgIpc) is 2.57. The van der Waals surface area contributed by atoms with Gasteiger partial charge in [0.05, 0.1) is 12.4 Å². The number of nitrogens with zero attached hydrogens (tertiary/aromatic N) is 2. The van der Waals surface area contributed by atoms with E-state index in [4.69, 9.17) is 10.5 Å². The summed E-state index contributed by atoms with van der Waals surface area (Å²) in [5.74, 6) is 0.900. The molecule has 0 radical (unpaired) electrons. The zero-order valence-corrected chi connectivity index (χ0v) is 8.46. The molecular formula is C8H13ClN4O. The predicted molar refractivity (Wildman–Crippen MR) is 55.6 cm³/mol. The van der Waals surface area contributed by atoms with Crippen LogP contribution in [0, 0.1) is 0 Å². The number of rotatable bonds is 2. The van der Waals surface area contributed by atoms with E-state index in [1.54, 1.807) is 6.20 Å². The highest BCUT2D eigenvalue weighted by Crippen LogP contribution is 2.11. The predicted octanol–water partition coefficient (Wildman–Crippen LogP) is 0.221. The molecule has 0 amide bonds. The Hall–Kier alpha value is -1.07. The topological polar surface area (TPSA) is 73.1 Å². The summed E-state index contributed by atoms with van der Waals surface area (Å²) in [5, 5.41) is 3.20. The molecular weight excluding hydrogens is 204 g/mol. The summed E-state index contributed by atoms with van der Waals surface area (Å²) < 4.78 is 5.54. The highest BCUT2D eigenvalue weighted by molar-refractivity contribution is 5.85. The number of hydrogen-bond donors (Lipinski definition) is 2. The molecule has 1 saturated heterocycles. The third kappa shape index (κ3) is 2.71. The second-order valence-corrected chi connectivity index (χ2v) is 3.01. The number of aromatic nitrogens is 2. The lowest BCUT2D eigenvalue weighted by Crippen LogP contribution is -2.20. The fourth-order valence-corrected chi connectivity index (χ4v) is 1.32. The quantitative estimate of drug-likeness (QED) is 0.740. The van der Waals surface area contributed by atoms with Gasteiger partial charge in [0.1, 0.15) is 11.9 Å². The van der Waals surface area contributed by atoms with Gasteiger partial charge in [0.25, 0.3) is 0 Å². The van der Waals surface area contributed by atoms with Gasteiger partial charge < -0.3 is 15.8 Å². The Morgan fingerprint density at radius 2 is 2.36 bits per heavy atom. The first-order valence-corrected chi connectivity index (χ1v) is 4.29. The van der Waals surface area contributed by atoms with Crippen molar-refractivity contribution in [2.45, 2.75) is 12.5 Å². The molecule has 78 valence electrons. The number of halogens is 1. The van der Waals surface area contributed by atoms with Crippen molar-refractivity contribution in [3.8, 4) is 5.88 Å². The molecule has 14 heavy (non-hydrogen) atoms. The Labute approximate surface area is 88.5 Å². The summed E-state index contributed by atoms with van der Waals surface area (Å²) in [5.41, 5.74) is 5.46. The van der Waals surface area contributed by atoms with Crippen LogP contribution in [0.5, 0.6) is 5.88 Å². The van der Waals surface area contributed by atoms with Crippen LogP contribution >= 0.6 is 12.4 Å². The maximum atomic E-state index is 5.54. The van der Waals surface area contributed by atoms with E-state index in [2.05, 4.69) is 15.3 Å². The van der Waals surface area contributed by atoms with Crippen molar-refractivity contribution in [3.05, 3.63) is 12.4 Å². The summed E-state index contributed by atoms with van der Waals surface area (Å²) in [6.07, 6.45) is 4.29. The van der Waals surface area contributed by atoms with Crippen LogP contribution in [0.4, 0.5) is 5.82 Å². The molecule has 5 nitrogen and oxygen atoms in total. The molecule has 0 aliphatic carbocycles. The molecule has 0 aromatic carbocycles. The highest BCUT2D eigenvalue weighted by Gasteiger charge is 2.16. The molecule has 1 aliphatic rings. The van der Waals surface area contributed by atoms with Crippen LogP contribution in [0.2, 0.25) is 0 Å². The number of anilines is 1. The number of nitrogens with two attached hydrogens (primary N) is 1. The minimum atomic E-state index is 0. The zero-order valence-electron chi connectivity index (χ0n) is 7.64. The molecule has 0 spiro atoms. The Morgan fingerprint density at radius 3 is 3.00 bits per heavy atom. The third-order valence-electron chi connectivity index (χ3n) is 1.93. The SMILES string of the molecule is Cl.Nc1cncc(O[C@H]2CCNC2)n1. The van der Waals surface area contributed by atoms with E-state index in [1.165, 1.54) is 6.20 Å². The van der Waals surface area contributed by atoms with Crippen LogP contribution in [-0.2, 0) is 0 Å². The first-order valence-electron chi connectivity index (χ1n) is 4.29. The summed E-state index contributed by atoms with van der Waals surface area (Å²) in [7, 11) is 0. The van der Waals surface area contributed by atoms with E-state index >= 15 is 0 Å². The Morgan fingerprint density at radius 1 is 1.50 bits per heavy atom. The summed E-state index contributed by atoms with van der Waals surface area (Å²) >= 11 is 0. The number of ether oxygens (including phenoxy) is 1. The first-order chi connectivity index (χ1) is 6.34. The lowest BCUT2D eigenvalue weighted by molar-refractivity contribution is 0.213. The van der Waals surface area contributed by atoms with Gasteiger partial charge in [0, 0.05) is 6.54 Å². The molecule has 3 N–H and O–H groups in total. The Balaban J connectivity index is 0.000000980. The fraction of sp³-hybridized carbons (Fsp3) is 0.500. The smallest absolute Gasteiger partial charge is 0.234 e. The van der Waals surface area contributed by atoms with Crippen LogP contribution in [0.3, 0.4) is 0 Å². The number of hydrogen-bond acceptors (Lipinski definition) is 5. The van der Waals surface area contributed by atoms with Crippen molar-refractivity contribution in [1.29, 1.82) is 0 Å². The van der Waals surface area contributed by atoms with Gasteiger partial charge in [-0.1, -0.05) is 0 Å². The van der Waals surface area contributed by atoms with Crippen molar-refractivity contribution in [2.75, 3.05) is 18.8 Å². The van der Waals surface area contributed by atoms with Gasteiger partial charge >= 0.3 is 0 Å². The minimum Gasteiger partial charge on any atom is -0.472 e. The maximum Gasteiger partial charge on any atom is 0.234 e. The van der Waals surface area contributed by atoms with Gasteiger partial charge in [-0.3, -0.25) is 4.98 Å². The van der Waals surface area contributed by atoms with E-state index in [1.807, 2.05) is 0 Å². The molecule has 1 aliphatic heterocycles. The highest BCUT2D eigenvalue weighted by atomic mass is 35.5. The zero-order chi connectivity index (χ0) is 9.10. The van der Waals surface area contributed by atoms with E-state index in [-0.39, 0.29) is 18.5 Å². The molecule has 1 fully saturated rings. The monoisotopic (exact) mass is 216 g/mol. The number of nitrogens with one attached hydrogen (secondary N) is 1. The van der Waals surface area contributed by atoms with E-state index in [0.717, 1.165) is 19.5 Å². The lowest BCUT2D eigenvalue weighted by Gasteiger charge is -2.10. The van der Waals surface area contributed by atoms with Crippen molar-refractivity contribution >= 4 is 18.2 Å². The summed E-state index contributed by atoms with van der Waals surface area (Å²) in [6, 6.07) is 0. The van der Waals surface area contributed by atoms with Crippen LogP contribution in [-0.4, -0.2) is 29.2 Å². The second-order valence-electron chi connectivity index (χ2n) is 3.01. The Bertz CT molecular complexity index is 290. The second kappa shape index (κ2) is 4.97. The largest absolute Gasteiger partial charge is 0.472 e. The summed E-state index contributed by atoms with van der Waals surface area (Å²) in [4.78, 5) is 7.90. The molecule has 0 saturated carbocycles. The van der Waals surface area contributed by atoms with Gasteiger partial charge in [0.15, 0.2) is 0 Å². The fourth-order valence-electron chi connectivity index (χ4n) is 1.32. The van der Waals surface area contributed by atoms with Crippen LogP contribution in [0.15, 0.2) is 12.4 Å². The van der Waals surface area contributed by atoms with Gasteiger partial charge in [-0.15, -0.1) is 12.4 Å². The minimum absolute atomic E-state index is 0. The van der Waals surface area contributed by atoms with Gasteiger partial charge in [-0.25, -0.2) is 0 Å². The molecule has 2 heterocycles. The maximum absolute atomic E-state index is 5.54. The molecule has 0 bridgehead atoms. The van der Waals surface area contributed by atoms with Crippen molar-refractivity contribution < 1.29 is 4.74 Å². The average molecular weight is 217 g/mol. The first kappa shape index (κ1) is 11.0. The van der Waals surface area contributed by atoms with Gasteiger partial charge in [0.2, 0.25) is 5.88 Å². The molecule has 1 aromatic rings. The van der Waals surface area contributed by atoms with Crippen molar-refractivity contribution in [3.63, 3.8) is 0 Å². The van der Waals surface area contributed by atoms with E-state index in [9.17, 15) is 0 Å². The molecule has 0 unspecified atom stereocenters. The molecule has 2 rings (SSSR count). The van der Waals surface area contributed by atoms with E-state index in [0.29, 0.717) is 11.7 Å². The Kier molecular flexibility index (Phi) is 3.91.